The van der Waals surface area contributed by atoms with Gasteiger partial charge in [-0.3, -0.25) is 14.9 Å². The highest BCUT2D eigenvalue weighted by atomic mass is 79.9. The molecule has 0 saturated carbocycles. The number of esters is 1. The van der Waals surface area contributed by atoms with Crippen molar-refractivity contribution in [3.8, 4) is 11.5 Å². The van der Waals surface area contributed by atoms with Crippen molar-refractivity contribution in [2.75, 3.05) is 19.8 Å². The van der Waals surface area contributed by atoms with Crippen LogP contribution in [0, 0.1) is 10.1 Å². The van der Waals surface area contributed by atoms with Gasteiger partial charge in [-0.2, -0.15) is 0 Å². The van der Waals surface area contributed by atoms with Crippen molar-refractivity contribution < 1.29 is 28.7 Å². The predicted molar refractivity (Wildman–Crippen MR) is 97.5 cm³/mol. The SMILES string of the molecule is O=C(COC(=O)c1ccc(Br)c([N+](=O)[O-])c1)c1ccc2c(c1)OCCCO2. The van der Waals surface area contributed by atoms with Crippen LogP contribution < -0.4 is 9.47 Å². The quantitative estimate of drug-likeness (QED) is 0.306. The highest BCUT2D eigenvalue weighted by Gasteiger charge is 2.19. The third-order valence-corrected chi connectivity index (χ3v) is 4.45. The molecule has 0 atom stereocenters. The summed E-state index contributed by atoms with van der Waals surface area (Å²) in [5.74, 6) is -0.227. The maximum absolute atomic E-state index is 12.3. The Morgan fingerprint density at radius 1 is 1.07 bits per heavy atom. The Morgan fingerprint density at radius 2 is 1.78 bits per heavy atom. The molecule has 0 unspecified atom stereocenters. The Labute approximate surface area is 162 Å². The number of ketones is 1. The number of Topliss-reactive ketones (excluding diaryl/α,β-unsaturated/α-hetero) is 1. The van der Waals surface area contributed by atoms with Gasteiger partial charge >= 0.3 is 5.97 Å². The third kappa shape index (κ3) is 4.43. The second-order valence-corrected chi connectivity index (χ2v) is 6.49. The van der Waals surface area contributed by atoms with Crippen LogP contribution in [0.1, 0.15) is 27.1 Å². The van der Waals surface area contributed by atoms with Crippen LogP contribution >= 0.6 is 15.9 Å². The highest BCUT2D eigenvalue weighted by molar-refractivity contribution is 9.10. The van der Waals surface area contributed by atoms with Gasteiger partial charge in [-0.1, -0.05) is 0 Å². The van der Waals surface area contributed by atoms with Crippen LogP contribution in [0.15, 0.2) is 40.9 Å². The predicted octanol–water partition coefficient (Wildman–Crippen LogP) is 3.56. The van der Waals surface area contributed by atoms with Gasteiger partial charge in [0.05, 0.1) is 28.2 Å². The monoisotopic (exact) mass is 435 g/mol. The van der Waals surface area contributed by atoms with Gasteiger partial charge in [0.1, 0.15) is 0 Å². The summed E-state index contributed by atoms with van der Waals surface area (Å²) in [6.45, 7) is 0.529. The van der Waals surface area contributed by atoms with Gasteiger partial charge < -0.3 is 14.2 Å². The minimum absolute atomic E-state index is 0.0173. The first-order chi connectivity index (χ1) is 13.0. The molecule has 0 fully saturated rings. The molecule has 0 bridgehead atoms. The molecule has 0 aromatic heterocycles. The van der Waals surface area contributed by atoms with E-state index in [1.54, 1.807) is 18.2 Å². The van der Waals surface area contributed by atoms with E-state index < -0.39 is 23.3 Å². The summed E-state index contributed by atoms with van der Waals surface area (Å²) < 4.78 is 16.3. The van der Waals surface area contributed by atoms with Crippen LogP contribution in [0.25, 0.3) is 0 Å². The number of nitro groups is 1. The summed E-state index contributed by atoms with van der Waals surface area (Å²) in [5.41, 5.74) is 0.0314. The molecule has 9 heteroatoms. The van der Waals surface area contributed by atoms with E-state index in [9.17, 15) is 19.7 Å². The van der Waals surface area contributed by atoms with E-state index in [0.29, 0.717) is 30.3 Å². The second-order valence-electron chi connectivity index (χ2n) is 5.63. The Bertz CT molecular complexity index is 913. The molecule has 1 heterocycles. The number of rotatable bonds is 5. The molecule has 1 aliphatic rings. The first-order valence-electron chi connectivity index (χ1n) is 7.99. The van der Waals surface area contributed by atoms with E-state index in [0.717, 1.165) is 12.5 Å². The van der Waals surface area contributed by atoms with Crippen LogP contribution in [0.2, 0.25) is 0 Å². The van der Waals surface area contributed by atoms with E-state index in [4.69, 9.17) is 14.2 Å². The first kappa shape index (κ1) is 18.8. The van der Waals surface area contributed by atoms with Crippen molar-refractivity contribution in [2.24, 2.45) is 0 Å². The van der Waals surface area contributed by atoms with Gasteiger partial charge in [0.15, 0.2) is 23.9 Å². The Balaban J connectivity index is 1.67. The molecule has 3 rings (SSSR count). The fourth-order valence-electron chi connectivity index (χ4n) is 2.41. The maximum Gasteiger partial charge on any atom is 0.338 e. The minimum atomic E-state index is -0.826. The molecule has 0 amide bonds. The van der Waals surface area contributed by atoms with E-state index >= 15 is 0 Å². The number of fused-ring (bicyclic) bond motifs is 1. The van der Waals surface area contributed by atoms with Gasteiger partial charge in [0, 0.05) is 18.1 Å². The van der Waals surface area contributed by atoms with Crippen LogP contribution in [-0.4, -0.2) is 36.5 Å². The van der Waals surface area contributed by atoms with Gasteiger partial charge in [-0.25, -0.2) is 4.79 Å². The molecule has 27 heavy (non-hydrogen) atoms. The molecule has 8 nitrogen and oxygen atoms in total. The van der Waals surface area contributed by atoms with E-state index in [2.05, 4.69) is 15.9 Å². The fourth-order valence-corrected chi connectivity index (χ4v) is 2.81. The smallest absolute Gasteiger partial charge is 0.338 e. The molecular weight excluding hydrogens is 422 g/mol. The number of benzene rings is 2. The van der Waals surface area contributed by atoms with Gasteiger partial charge in [0.25, 0.3) is 5.69 Å². The second kappa shape index (κ2) is 8.17. The zero-order valence-electron chi connectivity index (χ0n) is 14.0. The molecule has 0 radical (unpaired) electrons. The topological polar surface area (TPSA) is 105 Å². The summed E-state index contributed by atoms with van der Waals surface area (Å²) in [6.07, 6.45) is 0.745. The molecule has 0 saturated heterocycles. The van der Waals surface area contributed by atoms with Crippen molar-refractivity contribution in [2.45, 2.75) is 6.42 Å². The van der Waals surface area contributed by atoms with E-state index in [1.807, 2.05) is 0 Å². The third-order valence-electron chi connectivity index (χ3n) is 3.78. The molecule has 0 aliphatic carbocycles. The Hall–Kier alpha value is -2.94. The standard InChI is InChI=1S/C18H14BrNO7/c19-13-4-2-12(8-14(13)20(23)24)18(22)27-10-15(21)11-3-5-16-17(9-11)26-7-1-6-25-16/h2-5,8-9H,1,6-7,10H2. The summed E-state index contributed by atoms with van der Waals surface area (Å²) in [6, 6.07) is 8.57. The largest absolute Gasteiger partial charge is 0.490 e. The average Bonchev–Trinajstić information content (AvgIpc) is 2.90. The summed E-state index contributed by atoms with van der Waals surface area (Å²) >= 11 is 3.04. The summed E-state index contributed by atoms with van der Waals surface area (Å²) in [5, 5.41) is 10.9. The number of halogens is 1. The molecule has 0 N–H and O–H groups in total. The lowest BCUT2D eigenvalue weighted by molar-refractivity contribution is -0.385. The molecule has 0 spiro atoms. The van der Waals surface area contributed by atoms with Crippen molar-refractivity contribution in [1.29, 1.82) is 0 Å². The number of nitro benzene ring substituents is 1. The van der Waals surface area contributed by atoms with Crippen LogP contribution in [0.5, 0.6) is 11.5 Å². The van der Waals surface area contributed by atoms with Crippen molar-refractivity contribution >= 4 is 33.4 Å². The van der Waals surface area contributed by atoms with Gasteiger partial charge in [0.2, 0.25) is 0 Å². The number of hydrogen-bond donors (Lipinski definition) is 0. The van der Waals surface area contributed by atoms with Crippen molar-refractivity contribution in [3.05, 3.63) is 62.1 Å². The number of nitrogens with zero attached hydrogens (tertiary/aromatic N) is 1. The lowest BCUT2D eigenvalue weighted by atomic mass is 10.1. The van der Waals surface area contributed by atoms with E-state index in [1.165, 1.54) is 12.1 Å². The van der Waals surface area contributed by atoms with Crippen LogP contribution in [-0.2, 0) is 4.74 Å². The lowest BCUT2D eigenvalue weighted by Gasteiger charge is -2.09. The minimum Gasteiger partial charge on any atom is -0.490 e. The highest BCUT2D eigenvalue weighted by Crippen LogP contribution is 2.30. The molecule has 2 aromatic carbocycles. The van der Waals surface area contributed by atoms with Gasteiger partial charge in [-0.15, -0.1) is 0 Å². The normalized spacial score (nSPS) is 12.8. The van der Waals surface area contributed by atoms with Crippen LogP contribution in [0.4, 0.5) is 5.69 Å². The Morgan fingerprint density at radius 3 is 2.52 bits per heavy atom. The maximum atomic E-state index is 12.3. The molecule has 1 aliphatic heterocycles. The fraction of sp³-hybridized carbons (Fsp3) is 0.222. The van der Waals surface area contributed by atoms with Crippen LogP contribution in [0.3, 0.4) is 0 Å². The molecular formula is C18H14BrNO7. The average molecular weight is 436 g/mol. The zero-order valence-corrected chi connectivity index (χ0v) is 15.6. The molecule has 140 valence electrons. The number of carbonyl (C=O) groups is 2. The summed E-state index contributed by atoms with van der Waals surface area (Å²) in [4.78, 5) is 34.7. The number of carbonyl (C=O) groups excluding carboxylic acids is 2. The number of hydrogen-bond acceptors (Lipinski definition) is 7. The van der Waals surface area contributed by atoms with Crippen molar-refractivity contribution in [1.82, 2.24) is 0 Å². The van der Waals surface area contributed by atoms with E-state index in [-0.39, 0.29) is 15.7 Å². The number of ether oxygens (including phenoxy) is 3. The molecule has 2 aromatic rings. The van der Waals surface area contributed by atoms with Crippen molar-refractivity contribution in [3.63, 3.8) is 0 Å². The Kier molecular flexibility index (Phi) is 5.70. The lowest BCUT2D eigenvalue weighted by Crippen LogP contribution is -2.14. The first-order valence-corrected chi connectivity index (χ1v) is 8.79. The zero-order chi connectivity index (χ0) is 19.4. The van der Waals surface area contributed by atoms with Gasteiger partial charge in [-0.05, 0) is 46.3 Å². The summed E-state index contributed by atoms with van der Waals surface area (Å²) in [7, 11) is 0.